The summed E-state index contributed by atoms with van der Waals surface area (Å²) >= 11 is 1.87. The topological polar surface area (TPSA) is 41.9 Å². The molecule has 234 valence electrons. The molecule has 9 aromatic rings. The minimum Gasteiger partial charge on any atom is -0.315 e. The Bertz CT molecular complexity index is 2680. The van der Waals surface area contributed by atoms with E-state index in [1.54, 1.807) is 0 Å². The zero-order valence-corrected chi connectivity index (χ0v) is 27.7. The first-order chi connectivity index (χ1) is 24.8. The summed E-state index contributed by atoms with van der Waals surface area (Å²) in [5.41, 5.74) is 8.88. The molecule has 2 aromatic heterocycles. The van der Waals surface area contributed by atoms with Crippen LogP contribution in [0.1, 0.15) is 5.56 Å². The van der Waals surface area contributed by atoms with Crippen molar-refractivity contribution in [1.29, 1.82) is 0 Å². The molecule has 0 spiro atoms. The van der Waals surface area contributed by atoms with Gasteiger partial charge in [0, 0.05) is 49.4 Å². The van der Waals surface area contributed by atoms with E-state index < -0.39 is 0 Å². The predicted octanol–water partition coefficient (Wildman–Crippen LogP) is 12.2. The van der Waals surface area contributed by atoms with Crippen LogP contribution in [0.2, 0.25) is 0 Å². The molecule has 0 radical (unpaired) electrons. The van der Waals surface area contributed by atoms with E-state index in [9.17, 15) is 0 Å². The van der Waals surface area contributed by atoms with Crippen LogP contribution in [0.4, 0.5) is 11.4 Å². The molecule has 0 saturated carbocycles. The van der Waals surface area contributed by atoms with E-state index in [-0.39, 0.29) is 0 Å². The van der Waals surface area contributed by atoms with Gasteiger partial charge in [0.1, 0.15) is 0 Å². The number of thiophene rings is 1. The van der Waals surface area contributed by atoms with E-state index >= 15 is 0 Å². The smallest absolute Gasteiger partial charge is 0.164 e. The van der Waals surface area contributed by atoms with Crippen LogP contribution in [0.25, 0.3) is 82.3 Å². The Morgan fingerprint density at radius 2 is 1.04 bits per heavy atom. The van der Waals surface area contributed by atoms with Gasteiger partial charge in [-0.05, 0) is 52.4 Å². The average Bonchev–Trinajstić information content (AvgIpc) is 3.57. The van der Waals surface area contributed by atoms with Gasteiger partial charge in [0.15, 0.2) is 17.5 Å². The number of hydrogen-bond acceptors (Lipinski definition) is 5. The van der Waals surface area contributed by atoms with Gasteiger partial charge in [-0.3, -0.25) is 0 Å². The number of benzene rings is 7. The molecule has 0 atom stereocenters. The first-order valence-corrected chi connectivity index (χ1v) is 17.5. The quantitative estimate of drug-likeness (QED) is 0.185. The molecule has 7 aromatic carbocycles. The number of para-hydroxylation sites is 1. The summed E-state index contributed by atoms with van der Waals surface area (Å²) in [6, 6.07) is 55.3. The van der Waals surface area contributed by atoms with Crippen molar-refractivity contribution in [1.82, 2.24) is 15.0 Å². The van der Waals surface area contributed by atoms with Crippen LogP contribution in [0.15, 0.2) is 164 Å². The zero-order chi connectivity index (χ0) is 33.0. The van der Waals surface area contributed by atoms with Crippen LogP contribution in [0.5, 0.6) is 0 Å². The Morgan fingerprint density at radius 3 is 1.70 bits per heavy atom. The summed E-state index contributed by atoms with van der Waals surface area (Å²) in [4.78, 5) is 17.0. The normalized spacial score (nSPS) is 12.3. The Morgan fingerprint density at radius 1 is 0.460 bits per heavy atom. The zero-order valence-electron chi connectivity index (χ0n) is 26.9. The van der Waals surface area contributed by atoms with Crippen molar-refractivity contribution in [3.05, 3.63) is 169 Å². The Kier molecular flexibility index (Phi) is 6.64. The van der Waals surface area contributed by atoms with Gasteiger partial charge in [-0.25, -0.2) is 15.0 Å². The number of nitrogens with zero attached hydrogens (tertiary/aromatic N) is 4. The van der Waals surface area contributed by atoms with Gasteiger partial charge in [-0.2, -0.15) is 0 Å². The van der Waals surface area contributed by atoms with Gasteiger partial charge in [-0.1, -0.05) is 133 Å². The molecule has 0 bridgehead atoms. The highest BCUT2D eigenvalue weighted by atomic mass is 32.1. The minimum atomic E-state index is 0.654. The fraction of sp³-hybridized carbons (Fsp3) is 0. The van der Waals surface area contributed by atoms with Crippen LogP contribution in [0, 0.1) is 0 Å². The third-order valence-corrected chi connectivity index (χ3v) is 10.6. The lowest BCUT2D eigenvalue weighted by Gasteiger charge is -2.27. The molecule has 3 heterocycles. The average molecular weight is 657 g/mol. The molecule has 10 rings (SSSR count). The van der Waals surface area contributed by atoms with Gasteiger partial charge in [0.25, 0.3) is 0 Å². The second kappa shape index (κ2) is 11.6. The maximum atomic E-state index is 4.92. The first-order valence-electron chi connectivity index (χ1n) is 16.7. The molecule has 0 saturated heterocycles. The second-order valence-corrected chi connectivity index (χ2v) is 13.5. The predicted molar refractivity (Wildman–Crippen MR) is 210 cm³/mol. The second-order valence-electron chi connectivity index (χ2n) is 12.5. The van der Waals surface area contributed by atoms with E-state index in [1.165, 1.54) is 47.8 Å². The molecule has 0 N–H and O–H groups in total. The summed E-state index contributed by atoms with van der Waals surface area (Å²) < 4.78 is 2.58. The van der Waals surface area contributed by atoms with Crippen LogP contribution < -0.4 is 4.90 Å². The Hall–Kier alpha value is -6.43. The van der Waals surface area contributed by atoms with Crippen LogP contribution in [0.3, 0.4) is 0 Å². The summed E-state index contributed by atoms with van der Waals surface area (Å²) in [5, 5.41) is 5.14. The largest absolute Gasteiger partial charge is 0.315 e. The van der Waals surface area contributed by atoms with Crippen molar-refractivity contribution in [2.24, 2.45) is 0 Å². The van der Waals surface area contributed by atoms with E-state index in [0.717, 1.165) is 27.9 Å². The number of anilines is 2. The van der Waals surface area contributed by atoms with Crippen LogP contribution >= 0.6 is 11.3 Å². The molecule has 5 heteroatoms. The lowest BCUT2D eigenvalue weighted by Crippen LogP contribution is -2.11. The molecule has 0 fully saturated rings. The van der Waals surface area contributed by atoms with Crippen molar-refractivity contribution in [2.75, 3.05) is 4.90 Å². The molecular weight excluding hydrogens is 629 g/mol. The summed E-state index contributed by atoms with van der Waals surface area (Å²) in [6.07, 6.45) is 4.44. The van der Waals surface area contributed by atoms with Gasteiger partial charge in [0.2, 0.25) is 0 Å². The highest BCUT2D eigenvalue weighted by Crippen LogP contribution is 2.49. The fourth-order valence-corrected chi connectivity index (χ4v) is 8.29. The highest BCUT2D eigenvalue weighted by Gasteiger charge is 2.22. The molecule has 1 aliphatic rings. The van der Waals surface area contributed by atoms with Crippen molar-refractivity contribution < 1.29 is 0 Å². The summed E-state index contributed by atoms with van der Waals surface area (Å²) in [5.74, 6) is 1.98. The van der Waals surface area contributed by atoms with E-state index in [4.69, 9.17) is 15.0 Å². The van der Waals surface area contributed by atoms with E-state index in [0.29, 0.717) is 17.5 Å². The van der Waals surface area contributed by atoms with Crippen molar-refractivity contribution in [3.8, 4) is 45.3 Å². The SMILES string of the molecule is C1=CN(c2ccccc2)c2c3sc4cc(-c5ccc(-c6nc(-c7ccccc7)nc(-c7ccccc7)n6)cc5)ccc4c3cc3cccc1c23. The lowest BCUT2D eigenvalue weighted by atomic mass is 9.96. The number of rotatable bonds is 5. The first kappa shape index (κ1) is 28.6. The van der Waals surface area contributed by atoms with Gasteiger partial charge < -0.3 is 4.90 Å². The standard InChI is InChI=1S/C45H28N4S/c1-4-11-31(12-5-1)43-46-44(32-13-6-2-7-14-32)48-45(47-43)33-21-19-29(20-22-33)34-23-24-37-38-27-35-16-10-15-30-25-26-49(36-17-8-3-9-18-36)41(40(30)35)42(38)50-39(37)28-34/h1-28H. The monoisotopic (exact) mass is 656 g/mol. The van der Waals surface area contributed by atoms with Crippen molar-refractivity contribution in [3.63, 3.8) is 0 Å². The molecule has 0 aliphatic carbocycles. The molecule has 0 amide bonds. The van der Waals surface area contributed by atoms with Gasteiger partial charge in [-0.15, -0.1) is 11.3 Å². The fourth-order valence-electron chi connectivity index (χ4n) is 7.02. The Balaban J connectivity index is 1.06. The van der Waals surface area contributed by atoms with Crippen LogP contribution in [-0.4, -0.2) is 15.0 Å². The van der Waals surface area contributed by atoms with E-state index in [2.05, 4.69) is 114 Å². The molecule has 1 aliphatic heterocycles. The highest BCUT2D eigenvalue weighted by molar-refractivity contribution is 7.26. The summed E-state index contributed by atoms with van der Waals surface area (Å²) in [7, 11) is 0. The van der Waals surface area contributed by atoms with Crippen molar-refractivity contribution in [2.45, 2.75) is 0 Å². The Labute approximate surface area is 293 Å². The van der Waals surface area contributed by atoms with E-state index in [1.807, 2.05) is 72.0 Å². The summed E-state index contributed by atoms with van der Waals surface area (Å²) in [6.45, 7) is 0. The lowest BCUT2D eigenvalue weighted by molar-refractivity contribution is 1.07. The third kappa shape index (κ3) is 4.79. The maximum absolute atomic E-state index is 4.92. The van der Waals surface area contributed by atoms with Gasteiger partial charge in [0.05, 0.1) is 10.4 Å². The third-order valence-electron chi connectivity index (χ3n) is 9.46. The molecule has 4 nitrogen and oxygen atoms in total. The molecular formula is C45H28N4S. The number of aromatic nitrogens is 3. The molecule has 0 unspecified atom stereocenters. The number of hydrogen-bond donors (Lipinski definition) is 0. The van der Waals surface area contributed by atoms with Crippen LogP contribution in [-0.2, 0) is 0 Å². The number of fused-ring (bicyclic) bond motifs is 4. The van der Waals surface area contributed by atoms with Crippen molar-refractivity contribution >= 4 is 59.7 Å². The molecule has 50 heavy (non-hydrogen) atoms. The maximum Gasteiger partial charge on any atom is 0.164 e. The minimum absolute atomic E-state index is 0.654. The van der Waals surface area contributed by atoms with Gasteiger partial charge >= 0.3 is 0 Å².